The molecule has 1 unspecified atom stereocenters. The first kappa shape index (κ1) is 10.7. The summed E-state index contributed by atoms with van der Waals surface area (Å²) in [6.07, 6.45) is 0.123. The van der Waals surface area contributed by atoms with E-state index < -0.39 is 11.9 Å². The lowest BCUT2D eigenvalue weighted by Gasteiger charge is -2.15. The summed E-state index contributed by atoms with van der Waals surface area (Å²) in [4.78, 5) is 19.8. The Morgan fingerprint density at radius 1 is 1.69 bits per heavy atom. The van der Waals surface area contributed by atoms with Crippen molar-refractivity contribution in [2.45, 2.75) is 12.5 Å². The highest BCUT2D eigenvalue weighted by molar-refractivity contribution is 5.95. The molecule has 6 nitrogen and oxygen atoms in total. The zero-order valence-corrected chi connectivity index (χ0v) is 8.55. The van der Waals surface area contributed by atoms with Gasteiger partial charge in [-0.2, -0.15) is 4.98 Å². The molecular weight excluding hydrogens is 217 g/mol. The summed E-state index contributed by atoms with van der Waals surface area (Å²) >= 11 is 0. The van der Waals surface area contributed by atoms with E-state index in [1.165, 1.54) is 7.11 Å². The molecule has 1 aromatic heterocycles. The molecule has 1 fully saturated rings. The lowest BCUT2D eigenvalue weighted by molar-refractivity contribution is -0.117. The smallest absolute Gasteiger partial charge is 0.318 e. The summed E-state index contributed by atoms with van der Waals surface area (Å²) in [6, 6.07) is -0.0226. The number of hydrogen-bond acceptors (Lipinski definition) is 5. The first-order chi connectivity index (χ1) is 7.61. The first-order valence-electron chi connectivity index (χ1n) is 4.66. The second-order valence-electron chi connectivity index (χ2n) is 3.39. The number of aliphatic hydroxyl groups excluding tert-OH is 1. The van der Waals surface area contributed by atoms with Gasteiger partial charge < -0.3 is 9.84 Å². The second-order valence-corrected chi connectivity index (χ2v) is 3.39. The van der Waals surface area contributed by atoms with Crippen molar-refractivity contribution in [1.82, 2.24) is 9.97 Å². The number of carbonyl (C=O) groups excluding carboxylic acids is 1. The quantitative estimate of drug-likeness (QED) is 0.752. The van der Waals surface area contributed by atoms with E-state index in [9.17, 15) is 14.3 Å². The maximum Gasteiger partial charge on any atom is 0.318 e. The van der Waals surface area contributed by atoms with Crippen LogP contribution in [-0.4, -0.2) is 40.7 Å². The number of anilines is 1. The van der Waals surface area contributed by atoms with E-state index in [1.807, 2.05) is 0 Å². The topological polar surface area (TPSA) is 75.6 Å². The summed E-state index contributed by atoms with van der Waals surface area (Å²) in [7, 11) is 1.34. The number of aliphatic hydroxyl groups is 1. The number of rotatable bonds is 2. The van der Waals surface area contributed by atoms with Crippen molar-refractivity contribution >= 4 is 11.7 Å². The summed E-state index contributed by atoms with van der Waals surface area (Å²) in [6.45, 7) is 0.0376. The number of nitrogens with zero attached hydrogens (tertiary/aromatic N) is 3. The maximum atomic E-state index is 13.4. The Labute approximate surface area is 90.7 Å². The fraction of sp³-hybridized carbons (Fsp3) is 0.444. The molecule has 1 atom stereocenters. The van der Waals surface area contributed by atoms with Crippen LogP contribution in [0.25, 0.3) is 0 Å². The largest absolute Gasteiger partial charge is 0.467 e. The highest BCUT2D eigenvalue weighted by Crippen LogP contribution is 2.23. The van der Waals surface area contributed by atoms with Gasteiger partial charge >= 0.3 is 6.01 Å². The van der Waals surface area contributed by atoms with Crippen molar-refractivity contribution < 1.29 is 19.0 Å². The summed E-state index contributed by atoms with van der Waals surface area (Å²) in [5, 5.41) is 9.29. The molecule has 1 aliphatic rings. The number of ether oxygens (including phenoxy) is 1. The normalized spacial score (nSPS) is 20.3. The predicted molar refractivity (Wildman–Crippen MR) is 51.5 cm³/mol. The Morgan fingerprint density at radius 3 is 3.00 bits per heavy atom. The highest BCUT2D eigenvalue weighted by Gasteiger charge is 2.32. The third kappa shape index (κ3) is 1.81. The van der Waals surface area contributed by atoms with Gasteiger partial charge in [0, 0.05) is 0 Å². The number of aromatic nitrogens is 2. The van der Waals surface area contributed by atoms with E-state index in [-0.39, 0.29) is 30.7 Å². The molecule has 1 aliphatic heterocycles. The van der Waals surface area contributed by atoms with E-state index >= 15 is 0 Å². The van der Waals surface area contributed by atoms with Crippen molar-refractivity contribution in [3.05, 3.63) is 12.0 Å². The maximum absolute atomic E-state index is 13.4. The molecular formula is C9H10FN3O3. The van der Waals surface area contributed by atoms with E-state index in [4.69, 9.17) is 4.74 Å². The Morgan fingerprint density at radius 2 is 2.44 bits per heavy atom. The Kier molecular flexibility index (Phi) is 2.69. The number of methoxy groups -OCH3 is 1. The van der Waals surface area contributed by atoms with Crippen LogP contribution in [0.3, 0.4) is 0 Å². The number of amides is 1. The average Bonchev–Trinajstić information content (AvgIpc) is 2.58. The van der Waals surface area contributed by atoms with Gasteiger partial charge in [-0.3, -0.25) is 9.69 Å². The standard InChI is InChI=1S/C9H10FN3O3/c1-16-9-11-3-6(10)8(12-9)13-4-5(14)2-7(13)15/h3,5,14H,2,4H2,1H3. The van der Waals surface area contributed by atoms with Gasteiger partial charge in [-0.05, 0) is 0 Å². The van der Waals surface area contributed by atoms with E-state index in [0.29, 0.717) is 0 Å². The Hall–Kier alpha value is -1.76. The Bertz CT molecular complexity index is 426. The zero-order chi connectivity index (χ0) is 11.7. The summed E-state index contributed by atoms with van der Waals surface area (Å²) in [5.74, 6) is -1.25. The Balaban J connectivity index is 2.35. The molecule has 1 amide bonds. The lowest BCUT2D eigenvalue weighted by Crippen LogP contribution is -2.27. The van der Waals surface area contributed by atoms with Crippen LogP contribution in [-0.2, 0) is 4.79 Å². The fourth-order valence-corrected chi connectivity index (χ4v) is 1.52. The summed E-state index contributed by atoms with van der Waals surface area (Å²) < 4.78 is 18.1. The van der Waals surface area contributed by atoms with Crippen molar-refractivity contribution in [1.29, 1.82) is 0 Å². The van der Waals surface area contributed by atoms with Crippen molar-refractivity contribution in [2.75, 3.05) is 18.6 Å². The average molecular weight is 227 g/mol. The van der Waals surface area contributed by atoms with Gasteiger partial charge in [-0.15, -0.1) is 0 Å². The molecule has 0 spiro atoms. The zero-order valence-electron chi connectivity index (χ0n) is 8.55. The van der Waals surface area contributed by atoms with E-state index in [0.717, 1.165) is 11.1 Å². The van der Waals surface area contributed by atoms with Crippen LogP contribution in [0.4, 0.5) is 10.2 Å². The van der Waals surface area contributed by atoms with E-state index in [2.05, 4.69) is 9.97 Å². The molecule has 0 bridgehead atoms. The van der Waals surface area contributed by atoms with Gasteiger partial charge in [-0.25, -0.2) is 9.37 Å². The molecule has 2 rings (SSSR count). The van der Waals surface area contributed by atoms with Crippen LogP contribution >= 0.6 is 0 Å². The van der Waals surface area contributed by atoms with Crippen molar-refractivity contribution in [3.63, 3.8) is 0 Å². The van der Waals surface area contributed by atoms with E-state index in [1.54, 1.807) is 0 Å². The summed E-state index contributed by atoms with van der Waals surface area (Å²) in [5.41, 5.74) is 0. The monoisotopic (exact) mass is 227 g/mol. The minimum Gasteiger partial charge on any atom is -0.467 e. The third-order valence-corrected chi connectivity index (χ3v) is 2.25. The van der Waals surface area contributed by atoms with Gasteiger partial charge in [0.15, 0.2) is 11.6 Å². The molecule has 1 aromatic rings. The molecule has 1 saturated heterocycles. The van der Waals surface area contributed by atoms with Gasteiger partial charge in [0.05, 0.1) is 32.4 Å². The van der Waals surface area contributed by atoms with Gasteiger partial charge in [-0.1, -0.05) is 0 Å². The molecule has 0 saturated carbocycles. The molecule has 0 aromatic carbocycles. The number of carbonyl (C=O) groups is 1. The number of β-amino-alcohol motifs (C(OH)–C–C–N with tert-alkyl or cyclic N) is 1. The molecule has 86 valence electrons. The SMILES string of the molecule is COc1ncc(F)c(N2CC(O)CC2=O)n1. The van der Waals surface area contributed by atoms with Crippen LogP contribution in [0, 0.1) is 5.82 Å². The fourth-order valence-electron chi connectivity index (χ4n) is 1.52. The second kappa shape index (κ2) is 4.01. The van der Waals surface area contributed by atoms with Crippen molar-refractivity contribution in [3.8, 4) is 6.01 Å². The molecule has 0 aliphatic carbocycles. The molecule has 1 N–H and O–H groups in total. The molecule has 7 heteroatoms. The third-order valence-electron chi connectivity index (χ3n) is 2.25. The molecule has 2 heterocycles. The van der Waals surface area contributed by atoms with Gasteiger partial charge in [0.2, 0.25) is 5.91 Å². The van der Waals surface area contributed by atoms with Gasteiger partial charge in [0.1, 0.15) is 0 Å². The van der Waals surface area contributed by atoms with Crippen LogP contribution < -0.4 is 9.64 Å². The number of hydrogen-bond donors (Lipinski definition) is 1. The first-order valence-corrected chi connectivity index (χ1v) is 4.66. The predicted octanol–water partition coefficient (Wildman–Crippen LogP) is -0.278. The van der Waals surface area contributed by atoms with Gasteiger partial charge in [0.25, 0.3) is 0 Å². The van der Waals surface area contributed by atoms with Crippen LogP contribution in [0.2, 0.25) is 0 Å². The lowest BCUT2D eigenvalue weighted by atomic mass is 10.3. The van der Waals surface area contributed by atoms with Crippen LogP contribution in [0.15, 0.2) is 6.20 Å². The van der Waals surface area contributed by atoms with Crippen LogP contribution in [0.5, 0.6) is 6.01 Å². The minimum atomic E-state index is -0.784. The highest BCUT2D eigenvalue weighted by atomic mass is 19.1. The number of halogens is 1. The molecule has 0 radical (unpaired) electrons. The minimum absolute atomic E-state index is 0.0221. The van der Waals surface area contributed by atoms with Crippen LogP contribution in [0.1, 0.15) is 6.42 Å². The van der Waals surface area contributed by atoms with Crippen molar-refractivity contribution in [2.24, 2.45) is 0 Å². The molecule has 16 heavy (non-hydrogen) atoms.